The molecular weight excluding hydrogens is 649 g/mol. The Balaban J connectivity index is 0.00000451. The Labute approximate surface area is 303 Å². The molecule has 3 aromatic rings. The molecule has 0 amide bonds. The van der Waals surface area contributed by atoms with Crippen molar-refractivity contribution in [3.05, 3.63) is 65.9 Å². The zero-order chi connectivity index (χ0) is 33.6. The summed E-state index contributed by atoms with van der Waals surface area (Å²) in [5.41, 5.74) is 2.39. The van der Waals surface area contributed by atoms with Crippen molar-refractivity contribution in [2.45, 2.75) is 101 Å². The van der Waals surface area contributed by atoms with Crippen molar-refractivity contribution >= 4 is 45.5 Å². The van der Waals surface area contributed by atoms with E-state index in [2.05, 4.69) is 4.72 Å². The summed E-state index contributed by atoms with van der Waals surface area (Å²) in [5.74, 6) is -0.549. The van der Waals surface area contributed by atoms with Gasteiger partial charge in [-0.15, -0.1) is 0 Å². The molecule has 4 fully saturated rings. The average molecular weight is 695 g/mol. The number of sulfonamides is 1. The molecule has 0 radical (unpaired) electrons. The molecule has 2 aromatic carbocycles. The van der Waals surface area contributed by atoms with Crippen LogP contribution in [0.4, 0.5) is 8.78 Å². The van der Waals surface area contributed by atoms with Crippen LogP contribution in [0.2, 0.25) is 0 Å². The molecule has 4 saturated carbocycles. The summed E-state index contributed by atoms with van der Waals surface area (Å²) in [6, 6.07) is 11.2. The number of nitrogens with zero attached hydrogens (tertiary/aromatic N) is 1. The average Bonchev–Trinajstić information content (AvgIpc) is 3.34. The molecule has 4 bridgehead atoms. The number of nitrogens with one attached hydrogen (secondary N) is 1. The van der Waals surface area contributed by atoms with Gasteiger partial charge < -0.3 is 19.9 Å². The molecule has 256 valence electrons. The van der Waals surface area contributed by atoms with Crippen molar-refractivity contribution in [1.82, 2.24) is 9.29 Å². The van der Waals surface area contributed by atoms with Gasteiger partial charge in [-0.25, -0.2) is 21.9 Å². The number of aromatic nitrogens is 1. The number of aliphatic hydroxyl groups excluding tert-OH is 2. The van der Waals surface area contributed by atoms with Crippen molar-refractivity contribution in [3.63, 3.8) is 0 Å². The zero-order valence-electron chi connectivity index (χ0n) is 26.8. The van der Waals surface area contributed by atoms with E-state index in [1.807, 2.05) is 18.4 Å². The van der Waals surface area contributed by atoms with Gasteiger partial charge in [-0.1, -0.05) is 26.0 Å². The van der Waals surface area contributed by atoms with Crippen molar-refractivity contribution in [2.24, 2.45) is 23.7 Å². The summed E-state index contributed by atoms with van der Waals surface area (Å²) in [6.45, 7) is 3.91. The van der Waals surface area contributed by atoms with Gasteiger partial charge in [0.05, 0.1) is 24.3 Å². The first-order chi connectivity index (χ1) is 22.3. The van der Waals surface area contributed by atoms with Crippen LogP contribution in [-0.4, -0.2) is 82.1 Å². The first kappa shape index (κ1) is 37.1. The van der Waals surface area contributed by atoms with Crippen LogP contribution in [0.15, 0.2) is 53.4 Å². The van der Waals surface area contributed by atoms with Crippen molar-refractivity contribution < 1.29 is 37.3 Å². The number of aliphatic hydroxyl groups is 2. The molecule has 0 saturated heterocycles. The van der Waals surface area contributed by atoms with Crippen LogP contribution in [0, 0.1) is 35.3 Å². The Hall–Kier alpha value is -2.12. The fourth-order valence-electron chi connectivity index (χ4n) is 8.83. The number of rotatable bonds is 13. The second-order valence-corrected chi connectivity index (χ2v) is 15.9. The van der Waals surface area contributed by atoms with Crippen LogP contribution < -0.4 is 4.72 Å². The van der Waals surface area contributed by atoms with E-state index in [0.717, 1.165) is 25.7 Å². The Kier molecular flexibility index (Phi) is 11.6. The second-order valence-electron chi connectivity index (χ2n) is 14.3. The van der Waals surface area contributed by atoms with E-state index in [-0.39, 0.29) is 77.6 Å². The molecule has 48 heavy (non-hydrogen) atoms. The van der Waals surface area contributed by atoms with Crippen molar-refractivity contribution in [3.8, 4) is 22.4 Å². The number of benzene rings is 2. The van der Waals surface area contributed by atoms with Gasteiger partial charge in [0.25, 0.3) is 0 Å². The molecule has 4 N–H and O–H groups in total. The second kappa shape index (κ2) is 15.0. The maximum absolute atomic E-state index is 14.9. The Morgan fingerprint density at radius 3 is 1.90 bits per heavy atom. The molecule has 1 heterocycles. The summed E-state index contributed by atoms with van der Waals surface area (Å²) in [4.78, 5) is 11.2. The number of hydrogen-bond donors (Lipinski definition) is 4. The fraction of sp³-hybridized carbons (Fsp3) is 0.528. The number of carboxylic acids is 1. The number of halogens is 2. The minimum absolute atomic E-state index is 0. The summed E-state index contributed by atoms with van der Waals surface area (Å²) in [5, 5.41) is 30.1. The third kappa shape index (κ3) is 7.77. The van der Waals surface area contributed by atoms with Crippen LogP contribution in [0.5, 0.6) is 0 Å². The molecule has 1 aromatic heterocycles. The fourth-order valence-corrected chi connectivity index (χ4v) is 10.8. The SMILES string of the molecule is CC(C)c1c(S(=O)(=O)NC2C3CC4CC(C3)CC2C4)c(-c2ccc(F)cc2)c(-c2ccc(F)cc2)n1CCC(O)CC(O)CC(=O)O.[NaH]. The third-order valence-electron chi connectivity index (χ3n) is 10.5. The molecule has 2 atom stereocenters. The monoisotopic (exact) mass is 694 g/mol. The summed E-state index contributed by atoms with van der Waals surface area (Å²) in [7, 11) is -4.16. The van der Waals surface area contributed by atoms with Gasteiger partial charge in [-0.2, -0.15) is 0 Å². The van der Waals surface area contributed by atoms with Crippen LogP contribution in [-0.2, 0) is 21.4 Å². The van der Waals surface area contributed by atoms with Gasteiger partial charge in [0, 0.05) is 23.8 Å². The van der Waals surface area contributed by atoms with E-state index >= 15 is 0 Å². The van der Waals surface area contributed by atoms with Crippen LogP contribution in [0.1, 0.15) is 76.8 Å². The van der Waals surface area contributed by atoms with E-state index in [4.69, 9.17) is 5.11 Å². The quantitative estimate of drug-likeness (QED) is 0.171. The molecule has 2 unspecified atom stereocenters. The van der Waals surface area contributed by atoms with E-state index in [0.29, 0.717) is 39.9 Å². The van der Waals surface area contributed by atoms with Crippen LogP contribution >= 0.6 is 0 Å². The summed E-state index contributed by atoms with van der Waals surface area (Å²) >= 11 is 0. The van der Waals surface area contributed by atoms with Crippen molar-refractivity contribution in [2.75, 3.05) is 0 Å². The van der Waals surface area contributed by atoms with Gasteiger partial charge in [-0.3, -0.25) is 4.79 Å². The first-order valence-electron chi connectivity index (χ1n) is 16.7. The predicted octanol–water partition coefficient (Wildman–Crippen LogP) is 5.65. The number of carboxylic acid groups (broad SMARTS) is 1. The Morgan fingerprint density at radius 1 is 0.875 bits per heavy atom. The molecular formula is C36H45F2N2NaO6S. The molecule has 0 aliphatic heterocycles. The summed E-state index contributed by atoms with van der Waals surface area (Å²) in [6.07, 6.45) is 2.42. The van der Waals surface area contributed by atoms with E-state index < -0.39 is 46.3 Å². The Bertz CT molecular complexity index is 1680. The Morgan fingerprint density at radius 2 is 1.40 bits per heavy atom. The standard InChI is InChI=1S/C36H44F2N2O6S.Na.H/c1-20(2)34-36(47(45,46)39-33-25-14-21-13-22(16-25)17-26(33)15-21)32(23-3-7-27(37)8-4-23)35(24-5-9-28(38)10-6-24)40(34)12-11-29(41)18-30(42)19-31(43)44;;/h3-10,20-22,25-26,29-30,33,39,41-42H,11-19H2,1-2H3,(H,43,44);;. The van der Waals surface area contributed by atoms with Gasteiger partial charge in [0.2, 0.25) is 10.0 Å². The van der Waals surface area contributed by atoms with Gasteiger partial charge in [0.1, 0.15) is 16.5 Å². The summed E-state index contributed by atoms with van der Waals surface area (Å²) < 4.78 is 63.1. The van der Waals surface area contributed by atoms with Crippen molar-refractivity contribution in [1.29, 1.82) is 0 Å². The molecule has 4 aliphatic rings. The van der Waals surface area contributed by atoms with Crippen LogP contribution in [0.25, 0.3) is 22.4 Å². The number of aliphatic carboxylic acids is 1. The maximum atomic E-state index is 14.9. The van der Waals surface area contributed by atoms with E-state index in [9.17, 15) is 32.2 Å². The number of carbonyl (C=O) groups is 1. The molecule has 12 heteroatoms. The van der Waals surface area contributed by atoms with Gasteiger partial charge >= 0.3 is 35.5 Å². The molecule has 7 rings (SSSR count). The van der Waals surface area contributed by atoms with Gasteiger partial charge in [0.15, 0.2) is 0 Å². The zero-order valence-corrected chi connectivity index (χ0v) is 27.6. The predicted molar refractivity (Wildman–Crippen MR) is 181 cm³/mol. The van der Waals surface area contributed by atoms with Crippen LogP contribution in [0.3, 0.4) is 0 Å². The number of hydrogen-bond acceptors (Lipinski definition) is 5. The normalized spacial score (nSPS) is 24.4. The van der Waals surface area contributed by atoms with E-state index in [1.165, 1.54) is 30.7 Å². The molecule has 8 nitrogen and oxygen atoms in total. The first-order valence-corrected chi connectivity index (χ1v) is 18.2. The van der Waals surface area contributed by atoms with Gasteiger partial charge in [-0.05, 0) is 122 Å². The van der Waals surface area contributed by atoms with E-state index in [1.54, 1.807) is 24.3 Å². The minimum atomic E-state index is -4.16. The third-order valence-corrected chi connectivity index (χ3v) is 12.0. The molecule has 0 spiro atoms. The molecule has 4 aliphatic carbocycles. The topological polar surface area (TPSA) is 129 Å².